The Hall–Kier alpha value is -0.420. The molecule has 1 N–H and O–H groups in total. The zero-order valence-corrected chi connectivity index (χ0v) is 12.8. The molecule has 2 amide bonds. The Morgan fingerprint density at radius 1 is 1.33 bits per heavy atom. The number of nitrogens with one attached hydrogen (secondary N) is 1. The highest BCUT2D eigenvalue weighted by atomic mass is 32.2. The molecule has 0 saturated carbocycles. The average molecular weight is 273 g/mol. The second-order valence-electron chi connectivity index (χ2n) is 5.11. The highest BCUT2D eigenvalue weighted by molar-refractivity contribution is 7.99. The lowest BCUT2D eigenvalue weighted by Crippen LogP contribution is -2.44. The minimum atomic E-state index is 0.118. The van der Waals surface area contributed by atoms with Crippen LogP contribution < -0.4 is 5.32 Å². The Morgan fingerprint density at radius 2 is 2.00 bits per heavy atom. The van der Waals surface area contributed by atoms with E-state index in [0.717, 1.165) is 50.5 Å². The molecule has 1 heterocycles. The molecule has 4 nitrogen and oxygen atoms in total. The molecule has 5 heteroatoms. The fraction of sp³-hybridized carbons (Fsp3) is 0.923. The second-order valence-corrected chi connectivity index (χ2v) is 6.34. The highest BCUT2D eigenvalue weighted by Crippen LogP contribution is 2.08. The molecule has 0 unspecified atom stereocenters. The van der Waals surface area contributed by atoms with E-state index in [-0.39, 0.29) is 6.03 Å². The first-order valence-electron chi connectivity index (χ1n) is 6.92. The van der Waals surface area contributed by atoms with Crippen LogP contribution in [0.3, 0.4) is 0 Å². The lowest BCUT2D eigenvalue weighted by atomic mass is 10.2. The van der Waals surface area contributed by atoms with E-state index in [0.29, 0.717) is 6.04 Å². The lowest BCUT2D eigenvalue weighted by Gasteiger charge is -2.26. The average Bonchev–Trinajstić information content (AvgIpc) is 2.38. The van der Waals surface area contributed by atoms with Crippen molar-refractivity contribution in [3.63, 3.8) is 0 Å². The van der Waals surface area contributed by atoms with Gasteiger partial charge in [0.25, 0.3) is 0 Å². The molecule has 0 aromatic rings. The van der Waals surface area contributed by atoms with Gasteiger partial charge in [-0.25, -0.2) is 4.79 Å². The van der Waals surface area contributed by atoms with Crippen LogP contribution in [0, 0.1) is 0 Å². The normalized spacial score (nSPS) is 16.4. The van der Waals surface area contributed by atoms with Crippen molar-refractivity contribution in [2.45, 2.75) is 32.7 Å². The predicted molar refractivity (Wildman–Crippen MR) is 79.3 cm³/mol. The molecule has 1 aliphatic rings. The van der Waals surface area contributed by atoms with Gasteiger partial charge < -0.3 is 15.1 Å². The van der Waals surface area contributed by atoms with Gasteiger partial charge in [-0.1, -0.05) is 0 Å². The fourth-order valence-electron chi connectivity index (χ4n) is 1.82. The van der Waals surface area contributed by atoms with Crippen LogP contribution in [0.4, 0.5) is 4.79 Å². The minimum Gasteiger partial charge on any atom is -0.338 e. The van der Waals surface area contributed by atoms with E-state index in [1.807, 2.05) is 16.7 Å². The van der Waals surface area contributed by atoms with Crippen molar-refractivity contribution in [1.82, 2.24) is 15.1 Å². The summed E-state index contributed by atoms with van der Waals surface area (Å²) < 4.78 is 0. The molecule has 0 bridgehead atoms. The zero-order chi connectivity index (χ0) is 13.4. The topological polar surface area (TPSA) is 35.6 Å². The molecule has 0 radical (unpaired) electrons. The summed E-state index contributed by atoms with van der Waals surface area (Å²) in [5.74, 6) is 2.15. The lowest BCUT2D eigenvalue weighted by molar-refractivity contribution is 0.202. The summed E-state index contributed by atoms with van der Waals surface area (Å²) in [5, 5.41) is 3.01. The van der Waals surface area contributed by atoms with E-state index in [1.165, 1.54) is 0 Å². The molecule has 0 aromatic heterocycles. The molecule has 1 rings (SSSR count). The van der Waals surface area contributed by atoms with Crippen molar-refractivity contribution in [1.29, 1.82) is 0 Å². The Morgan fingerprint density at radius 3 is 2.61 bits per heavy atom. The first kappa shape index (κ1) is 15.6. The maximum absolute atomic E-state index is 11.8. The van der Waals surface area contributed by atoms with Crippen LogP contribution in [0.15, 0.2) is 0 Å². The number of hydrogen-bond donors (Lipinski definition) is 1. The monoisotopic (exact) mass is 273 g/mol. The van der Waals surface area contributed by atoms with Crippen LogP contribution in [0.25, 0.3) is 0 Å². The highest BCUT2D eigenvalue weighted by Gasteiger charge is 2.15. The van der Waals surface area contributed by atoms with Gasteiger partial charge in [-0.05, 0) is 40.3 Å². The van der Waals surface area contributed by atoms with Crippen molar-refractivity contribution in [3.05, 3.63) is 0 Å². The first-order chi connectivity index (χ1) is 8.61. The van der Waals surface area contributed by atoms with Gasteiger partial charge in [-0.2, -0.15) is 11.8 Å². The molecule has 0 aliphatic carbocycles. The summed E-state index contributed by atoms with van der Waals surface area (Å²) in [6, 6.07) is 0.720. The second kappa shape index (κ2) is 8.64. The molecular formula is C13H27N3OS. The molecule has 106 valence electrons. The van der Waals surface area contributed by atoms with Crippen molar-refractivity contribution in [2.24, 2.45) is 0 Å². The number of carbonyl (C=O) groups excluding carboxylic acids is 1. The van der Waals surface area contributed by atoms with Crippen molar-refractivity contribution < 1.29 is 4.79 Å². The number of urea groups is 1. The predicted octanol–water partition coefficient (Wildman–Crippen LogP) is 1.87. The Balaban J connectivity index is 2.01. The molecule has 0 atom stereocenters. The SMILES string of the molecule is CC(C)N(C)CCCCNC(=O)N1CCSCC1. The smallest absolute Gasteiger partial charge is 0.317 e. The quantitative estimate of drug-likeness (QED) is 0.750. The van der Waals surface area contributed by atoms with Gasteiger partial charge in [-0.15, -0.1) is 0 Å². The number of hydrogen-bond acceptors (Lipinski definition) is 3. The number of carbonyl (C=O) groups is 1. The van der Waals surface area contributed by atoms with Crippen LogP contribution in [0.2, 0.25) is 0 Å². The molecule has 18 heavy (non-hydrogen) atoms. The number of unbranched alkanes of at least 4 members (excludes halogenated alkanes) is 1. The summed E-state index contributed by atoms with van der Waals surface area (Å²) >= 11 is 1.93. The molecular weight excluding hydrogens is 246 g/mol. The Kier molecular flexibility index (Phi) is 7.51. The summed E-state index contributed by atoms with van der Waals surface area (Å²) in [7, 11) is 2.15. The van der Waals surface area contributed by atoms with Crippen LogP contribution >= 0.6 is 11.8 Å². The van der Waals surface area contributed by atoms with Crippen LogP contribution in [0.5, 0.6) is 0 Å². The largest absolute Gasteiger partial charge is 0.338 e. The van der Waals surface area contributed by atoms with Crippen LogP contribution in [-0.4, -0.2) is 66.6 Å². The third kappa shape index (κ3) is 5.96. The Labute approximate surface area is 115 Å². The fourth-order valence-corrected chi connectivity index (χ4v) is 2.72. The van der Waals surface area contributed by atoms with Crippen LogP contribution in [0.1, 0.15) is 26.7 Å². The number of nitrogens with zero attached hydrogens (tertiary/aromatic N) is 2. The van der Waals surface area contributed by atoms with Gasteiger partial charge in [0, 0.05) is 37.2 Å². The van der Waals surface area contributed by atoms with Crippen molar-refractivity contribution in [2.75, 3.05) is 44.7 Å². The van der Waals surface area contributed by atoms with Crippen molar-refractivity contribution >= 4 is 17.8 Å². The van der Waals surface area contributed by atoms with Gasteiger partial charge in [0.2, 0.25) is 0 Å². The van der Waals surface area contributed by atoms with Gasteiger partial charge in [0.1, 0.15) is 0 Å². The number of rotatable bonds is 6. The maximum atomic E-state index is 11.8. The summed E-state index contributed by atoms with van der Waals surface area (Å²) in [6.07, 6.45) is 2.20. The maximum Gasteiger partial charge on any atom is 0.317 e. The van der Waals surface area contributed by atoms with E-state index in [1.54, 1.807) is 0 Å². The van der Waals surface area contributed by atoms with Gasteiger partial charge in [0.05, 0.1) is 0 Å². The van der Waals surface area contributed by atoms with Gasteiger partial charge in [0.15, 0.2) is 0 Å². The third-order valence-corrected chi connectivity index (χ3v) is 4.34. The minimum absolute atomic E-state index is 0.118. The zero-order valence-electron chi connectivity index (χ0n) is 11.9. The number of amides is 2. The van der Waals surface area contributed by atoms with Crippen molar-refractivity contribution in [3.8, 4) is 0 Å². The van der Waals surface area contributed by atoms with Crippen LogP contribution in [-0.2, 0) is 0 Å². The summed E-state index contributed by atoms with van der Waals surface area (Å²) in [4.78, 5) is 16.1. The molecule has 1 fully saturated rings. The summed E-state index contributed by atoms with van der Waals surface area (Å²) in [6.45, 7) is 8.10. The van der Waals surface area contributed by atoms with E-state index in [9.17, 15) is 4.79 Å². The van der Waals surface area contributed by atoms with E-state index in [4.69, 9.17) is 0 Å². The number of thioether (sulfide) groups is 1. The standard InChI is InChI=1S/C13H27N3OS/c1-12(2)15(3)7-5-4-6-14-13(17)16-8-10-18-11-9-16/h12H,4-11H2,1-3H3,(H,14,17). The molecule has 1 saturated heterocycles. The molecule has 1 aliphatic heterocycles. The third-order valence-electron chi connectivity index (χ3n) is 3.39. The van der Waals surface area contributed by atoms with E-state index >= 15 is 0 Å². The molecule has 0 aromatic carbocycles. The van der Waals surface area contributed by atoms with E-state index < -0.39 is 0 Å². The van der Waals surface area contributed by atoms with Gasteiger partial charge in [-0.3, -0.25) is 0 Å². The summed E-state index contributed by atoms with van der Waals surface area (Å²) in [5.41, 5.74) is 0. The van der Waals surface area contributed by atoms with E-state index in [2.05, 4.69) is 31.1 Å². The first-order valence-corrected chi connectivity index (χ1v) is 8.07. The Bertz CT molecular complexity index is 242. The molecule has 0 spiro atoms. The van der Waals surface area contributed by atoms with Gasteiger partial charge >= 0.3 is 6.03 Å².